The minimum absolute atomic E-state index is 0.127. The van der Waals surface area contributed by atoms with Gasteiger partial charge in [0.15, 0.2) is 0 Å². The summed E-state index contributed by atoms with van der Waals surface area (Å²) in [6, 6.07) is 0. The summed E-state index contributed by atoms with van der Waals surface area (Å²) in [7, 11) is 0. The summed E-state index contributed by atoms with van der Waals surface area (Å²) in [6.07, 6.45) is 13.0. The molecule has 0 aromatic heterocycles. The summed E-state index contributed by atoms with van der Waals surface area (Å²) in [5.41, 5.74) is 1.06. The van der Waals surface area contributed by atoms with Gasteiger partial charge in [-0.3, -0.25) is 0 Å². The standard InChI is InChI=1S/C22H38O/c1-14-13-19-17-9-8-16-7-5-6-11-21(16,3)18(17)10-12-22(19,4)20(14)15(2)23/h14-20,23H,5-13H2,1-4H3/t14-,15+,16-,17-,18+,19-,20+,21+,22-/m1/s1. The zero-order valence-corrected chi connectivity index (χ0v) is 15.9. The van der Waals surface area contributed by atoms with Gasteiger partial charge in [0.1, 0.15) is 0 Å². The Kier molecular flexibility index (Phi) is 3.91. The molecule has 9 atom stereocenters. The molecule has 0 unspecified atom stereocenters. The Morgan fingerprint density at radius 3 is 2.43 bits per heavy atom. The third-order valence-corrected chi connectivity index (χ3v) is 9.54. The third-order valence-electron chi connectivity index (χ3n) is 9.54. The van der Waals surface area contributed by atoms with Gasteiger partial charge >= 0.3 is 0 Å². The predicted octanol–water partition coefficient (Wildman–Crippen LogP) is 5.66. The monoisotopic (exact) mass is 318 g/mol. The Labute approximate surface area is 143 Å². The molecule has 4 fully saturated rings. The molecule has 0 aliphatic heterocycles. The summed E-state index contributed by atoms with van der Waals surface area (Å²) in [4.78, 5) is 0. The molecular weight excluding hydrogens is 280 g/mol. The Bertz CT molecular complexity index is 457. The van der Waals surface area contributed by atoms with Gasteiger partial charge in [-0.15, -0.1) is 0 Å². The lowest BCUT2D eigenvalue weighted by atomic mass is 9.45. The van der Waals surface area contributed by atoms with Crippen molar-refractivity contribution in [3.05, 3.63) is 0 Å². The number of aliphatic hydroxyl groups excluding tert-OH is 1. The second-order valence-electron chi connectivity index (χ2n) is 10.4. The smallest absolute Gasteiger partial charge is 0.0548 e. The molecule has 132 valence electrons. The molecule has 4 aliphatic rings. The zero-order chi connectivity index (χ0) is 16.4. The molecule has 4 saturated carbocycles. The van der Waals surface area contributed by atoms with Crippen LogP contribution in [-0.4, -0.2) is 11.2 Å². The van der Waals surface area contributed by atoms with E-state index in [1.807, 2.05) is 0 Å². The third kappa shape index (κ3) is 2.21. The molecule has 23 heavy (non-hydrogen) atoms. The first-order valence-corrected chi connectivity index (χ1v) is 10.6. The zero-order valence-electron chi connectivity index (χ0n) is 15.9. The van der Waals surface area contributed by atoms with Gasteiger partial charge in [-0.05, 0) is 98.2 Å². The number of rotatable bonds is 1. The minimum atomic E-state index is -0.127. The van der Waals surface area contributed by atoms with Crippen molar-refractivity contribution < 1.29 is 5.11 Å². The van der Waals surface area contributed by atoms with Crippen molar-refractivity contribution in [2.45, 2.75) is 91.6 Å². The van der Waals surface area contributed by atoms with E-state index in [1.165, 1.54) is 57.8 Å². The average molecular weight is 319 g/mol. The molecule has 4 rings (SSSR count). The fourth-order valence-corrected chi connectivity index (χ4v) is 8.72. The van der Waals surface area contributed by atoms with Crippen LogP contribution in [-0.2, 0) is 0 Å². The first kappa shape index (κ1) is 16.4. The fraction of sp³-hybridized carbons (Fsp3) is 1.00. The molecule has 1 heteroatoms. The van der Waals surface area contributed by atoms with Crippen molar-refractivity contribution in [1.29, 1.82) is 0 Å². The molecule has 4 aliphatic carbocycles. The lowest BCUT2D eigenvalue weighted by molar-refractivity contribution is -0.119. The number of hydrogen-bond donors (Lipinski definition) is 1. The number of fused-ring (bicyclic) bond motifs is 5. The van der Waals surface area contributed by atoms with Crippen LogP contribution in [0.5, 0.6) is 0 Å². The minimum Gasteiger partial charge on any atom is -0.393 e. The van der Waals surface area contributed by atoms with Gasteiger partial charge in [-0.1, -0.05) is 33.6 Å². The predicted molar refractivity (Wildman–Crippen MR) is 96.1 cm³/mol. The molecule has 0 aromatic rings. The van der Waals surface area contributed by atoms with Crippen molar-refractivity contribution in [3.8, 4) is 0 Å². The van der Waals surface area contributed by atoms with E-state index in [0.717, 1.165) is 23.7 Å². The quantitative estimate of drug-likeness (QED) is 0.661. The van der Waals surface area contributed by atoms with E-state index in [2.05, 4.69) is 27.7 Å². The van der Waals surface area contributed by atoms with E-state index >= 15 is 0 Å². The topological polar surface area (TPSA) is 20.2 Å². The molecule has 0 bridgehead atoms. The molecular formula is C22H38O. The highest BCUT2D eigenvalue weighted by molar-refractivity contribution is 5.10. The SMILES string of the molecule is C[C@H](O)[C@@H]1[C@H](C)C[C@@H]2[C@@H]3CC[C@H]4CCCC[C@]4(C)[C@H]3CC[C@@]12C. The van der Waals surface area contributed by atoms with Crippen molar-refractivity contribution in [2.24, 2.45) is 46.3 Å². The summed E-state index contributed by atoms with van der Waals surface area (Å²) >= 11 is 0. The summed E-state index contributed by atoms with van der Waals surface area (Å²) in [6.45, 7) is 9.69. The van der Waals surface area contributed by atoms with Crippen LogP contribution in [0.25, 0.3) is 0 Å². The maximum absolute atomic E-state index is 10.5. The lowest BCUT2D eigenvalue weighted by Crippen LogP contribution is -2.53. The van der Waals surface area contributed by atoms with E-state index in [1.54, 1.807) is 0 Å². The van der Waals surface area contributed by atoms with Crippen molar-refractivity contribution in [3.63, 3.8) is 0 Å². The van der Waals surface area contributed by atoms with Crippen LogP contribution in [0.15, 0.2) is 0 Å². The Morgan fingerprint density at radius 2 is 1.70 bits per heavy atom. The van der Waals surface area contributed by atoms with Crippen LogP contribution in [0.2, 0.25) is 0 Å². The van der Waals surface area contributed by atoms with Gasteiger partial charge in [0.25, 0.3) is 0 Å². The number of hydrogen-bond acceptors (Lipinski definition) is 1. The largest absolute Gasteiger partial charge is 0.393 e. The van der Waals surface area contributed by atoms with E-state index in [4.69, 9.17) is 0 Å². The second kappa shape index (κ2) is 5.48. The highest BCUT2D eigenvalue weighted by atomic mass is 16.3. The summed E-state index contributed by atoms with van der Waals surface area (Å²) in [5.74, 6) is 5.09. The highest BCUT2D eigenvalue weighted by Crippen LogP contribution is 2.68. The molecule has 0 spiro atoms. The van der Waals surface area contributed by atoms with Gasteiger partial charge in [0.2, 0.25) is 0 Å². The van der Waals surface area contributed by atoms with Gasteiger partial charge in [-0.25, -0.2) is 0 Å². The Morgan fingerprint density at radius 1 is 0.913 bits per heavy atom. The average Bonchev–Trinajstić information content (AvgIpc) is 2.77. The summed E-state index contributed by atoms with van der Waals surface area (Å²) < 4.78 is 0. The number of aliphatic hydroxyl groups is 1. The fourth-order valence-electron chi connectivity index (χ4n) is 8.72. The maximum atomic E-state index is 10.5. The van der Waals surface area contributed by atoms with Crippen LogP contribution < -0.4 is 0 Å². The molecule has 0 aromatic carbocycles. The van der Waals surface area contributed by atoms with Crippen molar-refractivity contribution in [1.82, 2.24) is 0 Å². The van der Waals surface area contributed by atoms with Crippen LogP contribution in [0.4, 0.5) is 0 Å². The molecule has 0 saturated heterocycles. The first-order valence-electron chi connectivity index (χ1n) is 10.6. The van der Waals surface area contributed by atoms with Crippen molar-refractivity contribution in [2.75, 3.05) is 0 Å². The van der Waals surface area contributed by atoms with Crippen LogP contribution in [0.1, 0.15) is 85.5 Å². The van der Waals surface area contributed by atoms with Gasteiger partial charge in [0, 0.05) is 0 Å². The van der Waals surface area contributed by atoms with E-state index in [-0.39, 0.29) is 6.10 Å². The lowest BCUT2D eigenvalue weighted by Gasteiger charge is -2.60. The van der Waals surface area contributed by atoms with Crippen LogP contribution in [0, 0.1) is 46.3 Å². The Balaban J connectivity index is 1.64. The van der Waals surface area contributed by atoms with Gasteiger partial charge < -0.3 is 5.11 Å². The van der Waals surface area contributed by atoms with Crippen molar-refractivity contribution >= 4 is 0 Å². The Hall–Kier alpha value is -0.0400. The van der Waals surface area contributed by atoms with E-state index < -0.39 is 0 Å². The molecule has 0 radical (unpaired) electrons. The van der Waals surface area contributed by atoms with Gasteiger partial charge in [-0.2, -0.15) is 0 Å². The molecule has 1 nitrogen and oxygen atoms in total. The van der Waals surface area contributed by atoms with Crippen LogP contribution >= 0.6 is 0 Å². The normalized spacial score (nSPS) is 57.3. The summed E-state index contributed by atoms with van der Waals surface area (Å²) in [5, 5.41) is 10.5. The van der Waals surface area contributed by atoms with Crippen LogP contribution in [0.3, 0.4) is 0 Å². The first-order chi connectivity index (χ1) is 10.9. The molecule has 0 heterocycles. The molecule has 1 N–H and O–H groups in total. The van der Waals surface area contributed by atoms with E-state index in [0.29, 0.717) is 22.7 Å². The van der Waals surface area contributed by atoms with Gasteiger partial charge in [0.05, 0.1) is 6.10 Å². The highest BCUT2D eigenvalue weighted by Gasteiger charge is 2.61. The second-order valence-corrected chi connectivity index (χ2v) is 10.4. The maximum Gasteiger partial charge on any atom is 0.0548 e. The molecule has 0 amide bonds. The van der Waals surface area contributed by atoms with E-state index in [9.17, 15) is 5.11 Å².